The SMILES string of the molecule is CCCCCCCCCCCCCCCC[N+](C)([O-])Cc1ccccc1. The molecule has 1 aromatic carbocycles. The van der Waals surface area contributed by atoms with Crippen molar-refractivity contribution in [2.75, 3.05) is 13.6 Å². The third-order valence-corrected chi connectivity index (χ3v) is 5.34. The second-order valence-electron chi connectivity index (χ2n) is 8.26. The summed E-state index contributed by atoms with van der Waals surface area (Å²) in [6.45, 7) is 3.62. The third-order valence-electron chi connectivity index (χ3n) is 5.34. The summed E-state index contributed by atoms with van der Waals surface area (Å²) in [5, 5.41) is 12.5. The maximum atomic E-state index is 12.5. The highest BCUT2D eigenvalue weighted by Gasteiger charge is 2.10. The summed E-state index contributed by atoms with van der Waals surface area (Å²) >= 11 is 0. The van der Waals surface area contributed by atoms with Crippen LogP contribution in [-0.2, 0) is 6.54 Å². The Labute approximate surface area is 163 Å². The summed E-state index contributed by atoms with van der Waals surface area (Å²) in [6, 6.07) is 10.1. The largest absolute Gasteiger partial charge is 0.633 e. The second kappa shape index (κ2) is 15.2. The van der Waals surface area contributed by atoms with E-state index in [1.165, 1.54) is 83.5 Å². The molecule has 0 heterocycles. The van der Waals surface area contributed by atoms with Crippen molar-refractivity contribution < 1.29 is 4.65 Å². The minimum absolute atomic E-state index is 0.137. The van der Waals surface area contributed by atoms with Crippen LogP contribution in [0.25, 0.3) is 0 Å². The molecule has 2 heteroatoms. The predicted octanol–water partition coefficient (Wildman–Crippen LogP) is 7.61. The summed E-state index contributed by atoms with van der Waals surface area (Å²) in [4.78, 5) is 0. The minimum atomic E-state index is -0.137. The van der Waals surface area contributed by atoms with Crippen molar-refractivity contribution in [2.24, 2.45) is 0 Å². The number of nitrogens with zero attached hydrogens (tertiary/aromatic N) is 1. The maximum Gasteiger partial charge on any atom is 0.104 e. The minimum Gasteiger partial charge on any atom is -0.633 e. The van der Waals surface area contributed by atoms with Crippen LogP contribution in [0.1, 0.15) is 102 Å². The Balaban J connectivity index is 1.87. The van der Waals surface area contributed by atoms with E-state index in [2.05, 4.69) is 19.1 Å². The molecule has 0 spiro atoms. The van der Waals surface area contributed by atoms with E-state index in [1.807, 2.05) is 25.2 Å². The number of quaternary nitrogens is 1. The van der Waals surface area contributed by atoms with Crippen LogP contribution in [0.3, 0.4) is 0 Å². The first-order valence-electron chi connectivity index (χ1n) is 11.2. The lowest BCUT2D eigenvalue weighted by Gasteiger charge is -2.38. The van der Waals surface area contributed by atoms with E-state index in [4.69, 9.17) is 0 Å². The van der Waals surface area contributed by atoms with Gasteiger partial charge in [-0.25, -0.2) is 0 Å². The Morgan fingerprint density at radius 2 is 1.08 bits per heavy atom. The smallest absolute Gasteiger partial charge is 0.104 e. The molecule has 0 aliphatic carbocycles. The van der Waals surface area contributed by atoms with Crippen LogP contribution in [0.2, 0.25) is 0 Å². The van der Waals surface area contributed by atoms with E-state index >= 15 is 0 Å². The average Bonchev–Trinajstić information content (AvgIpc) is 2.62. The van der Waals surface area contributed by atoms with E-state index in [0.29, 0.717) is 6.54 Å². The summed E-state index contributed by atoms with van der Waals surface area (Å²) < 4.78 is -0.137. The fourth-order valence-electron chi connectivity index (χ4n) is 3.69. The summed E-state index contributed by atoms with van der Waals surface area (Å²) in [6.07, 6.45) is 19.0. The molecule has 0 bridgehead atoms. The predicted molar refractivity (Wildman–Crippen MR) is 115 cm³/mol. The lowest BCUT2D eigenvalue weighted by molar-refractivity contribution is -0.874. The van der Waals surface area contributed by atoms with Gasteiger partial charge in [0.15, 0.2) is 0 Å². The molecule has 0 aliphatic heterocycles. The van der Waals surface area contributed by atoms with Crippen LogP contribution >= 0.6 is 0 Å². The number of benzene rings is 1. The standard InChI is InChI=1S/C24H43NO/c1-3-4-5-6-7-8-9-10-11-12-13-14-15-19-22-25(2,26)23-24-20-17-16-18-21-24/h16-18,20-21H,3-15,19,22-23H2,1-2H3. The Kier molecular flexibility index (Phi) is 13.6. The molecular weight excluding hydrogens is 318 g/mol. The van der Waals surface area contributed by atoms with E-state index in [-0.39, 0.29) is 4.65 Å². The first-order chi connectivity index (χ1) is 12.6. The monoisotopic (exact) mass is 361 g/mol. The lowest BCUT2D eigenvalue weighted by Crippen LogP contribution is -2.37. The first-order valence-corrected chi connectivity index (χ1v) is 11.2. The molecule has 0 saturated heterocycles. The molecule has 0 saturated carbocycles. The van der Waals surface area contributed by atoms with Gasteiger partial charge in [0.05, 0.1) is 13.6 Å². The molecule has 2 nitrogen and oxygen atoms in total. The molecule has 26 heavy (non-hydrogen) atoms. The van der Waals surface area contributed by atoms with Gasteiger partial charge >= 0.3 is 0 Å². The van der Waals surface area contributed by atoms with Crippen molar-refractivity contribution in [3.8, 4) is 0 Å². The first kappa shape index (κ1) is 23.2. The molecule has 0 fully saturated rings. The Bertz CT molecular complexity index is 415. The van der Waals surface area contributed by atoms with Gasteiger partial charge in [0, 0.05) is 5.56 Å². The summed E-state index contributed by atoms with van der Waals surface area (Å²) in [5.41, 5.74) is 1.15. The van der Waals surface area contributed by atoms with Crippen molar-refractivity contribution in [3.63, 3.8) is 0 Å². The molecule has 1 rings (SSSR count). The van der Waals surface area contributed by atoms with E-state index in [9.17, 15) is 5.21 Å². The van der Waals surface area contributed by atoms with Crippen LogP contribution in [0.4, 0.5) is 0 Å². The second-order valence-corrected chi connectivity index (χ2v) is 8.26. The Morgan fingerprint density at radius 1 is 0.654 bits per heavy atom. The van der Waals surface area contributed by atoms with Crippen LogP contribution in [0.15, 0.2) is 30.3 Å². The number of hydrogen-bond acceptors (Lipinski definition) is 1. The van der Waals surface area contributed by atoms with Crippen molar-refractivity contribution >= 4 is 0 Å². The fourth-order valence-corrected chi connectivity index (χ4v) is 3.69. The van der Waals surface area contributed by atoms with Gasteiger partial charge in [-0.1, -0.05) is 114 Å². The molecule has 1 atom stereocenters. The molecule has 0 radical (unpaired) electrons. The maximum absolute atomic E-state index is 12.5. The summed E-state index contributed by atoms with van der Waals surface area (Å²) in [7, 11) is 1.81. The highest BCUT2D eigenvalue weighted by Crippen LogP contribution is 2.15. The highest BCUT2D eigenvalue weighted by molar-refractivity contribution is 5.13. The van der Waals surface area contributed by atoms with Crippen molar-refractivity contribution in [1.29, 1.82) is 0 Å². The molecule has 0 aliphatic rings. The van der Waals surface area contributed by atoms with Gasteiger partial charge in [0.2, 0.25) is 0 Å². The van der Waals surface area contributed by atoms with Crippen molar-refractivity contribution in [3.05, 3.63) is 41.1 Å². The van der Waals surface area contributed by atoms with Gasteiger partial charge in [-0.05, 0) is 12.8 Å². The Morgan fingerprint density at radius 3 is 1.54 bits per heavy atom. The lowest BCUT2D eigenvalue weighted by atomic mass is 10.0. The van der Waals surface area contributed by atoms with Crippen LogP contribution in [-0.4, -0.2) is 18.2 Å². The third kappa shape index (κ3) is 13.4. The van der Waals surface area contributed by atoms with Crippen LogP contribution < -0.4 is 0 Å². The molecule has 0 N–H and O–H groups in total. The van der Waals surface area contributed by atoms with E-state index in [0.717, 1.165) is 18.5 Å². The van der Waals surface area contributed by atoms with Crippen LogP contribution in [0, 0.1) is 5.21 Å². The van der Waals surface area contributed by atoms with Gasteiger partial charge in [-0.3, -0.25) is 0 Å². The number of rotatable bonds is 17. The van der Waals surface area contributed by atoms with Gasteiger partial charge in [0.1, 0.15) is 6.54 Å². The van der Waals surface area contributed by atoms with Gasteiger partial charge in [-0.15, -0.1) is 0 Å². The van der Waals surface area contributed by atoms with E-state index < -0.39 is 0 Å². The molecular formula is C24H43NO. The molecule has 0 aromatic heterocycles. The highest BCUT2D eigenvalue weighted by atomic mass is 16.5. The number of hydrogen-bond donors (Lipinski definition) is 0. The van der Waals surface area contributed by atoms with Crippen LogP contribution in [0.5, 0.6) is 0 Å². The van der Waals surface area contributed by atoms with Gasteiger partial charge in [0.25, 0.3) is 0 Å². The molecule has 150 valence electrons. The molecule has 0 amide bonds. The van der Waals surface area contributed by atoms with Gasteiger partial charge in [-0.2, -0.15) is 0 Å². The zero-order valence-corrected chi connectivity index (χ0v) is 17.6. The zero-order chi connectivity index (χ0) is 18.9. The van der Waals surface area contributed by atoms with E-state index in [1.54, 1.807) is 0 Å². The quantitative estimate of drug-likeness (QED) is 0.159. The number of unbranched alkanes of at least 4 members (excludes halogenated alkanes) is 13. The fraction of sp³-hybridized carbons (Fsp3) is 0.750. The topological polar surface area (TPSA) is 23.1 Å². The number of hydroxylamine groups is 3. The summed E-state index contributed by atoms with van der Waals surface area (Å²) in [5.74, 6) is 0. The Hall–Kier alpha value is -0.860. The van der Waals surface area contributed by atoms with Crippen molar-refractivity contribution in [2.45, 2.75) is 103 Å². The molecule has 1 aromatic rings. The van der Waals surface area contributed by atoms with Gasteiger partial charge < -0.3 is 9.85 Å². The zero-order valence-electron chi connectivity index (χ0n) is 17.6. The van der Waals surface area contributed by atoms with Crippen molar-refractivity contribution in [1.82, 2.24) is 0 Å². The average molecular weight is 362 g/mol. The molecule has 1 unspecified atom stereocenters. The normalized spacial score (nSPS) is 13.7.